The molecule has 0 radical (unpaired) electrons. The molecule has 0 aliphatic carbocycles. The Hall–Kier alpha value is -2.51. The maximum atomic E-state index is 12.6. The van der Waals surface area contributed by atoms with Gasteiger partial charge in [0.1, 0.15) is 0 Å². The first-order valence-corrected chi connectivity index (χ1v) is 9.72. The Bertz CT molecular complexity index is 942. The number of hydrogen-bond donors (Lipinski definition) is 2. The third-order valence-corrected chi connectivity index (χ3v) is 5.65. The first kappa shape index (κ1) is 19.3. The van der Waals surface area contributed by atoms with E-state index >= 15 is 0 Å². The van der Waals surface area contributed by atoms with Crippen LogP contribution >= 0.6 is 23.4 Å². The third kappa shape index (κ3) is 4.61. The Morgan fingerprint density at radius 3 is 2.67 bits per heavy atom. The van der Waals surface area contributed by atoms with E-state index in [0.29, 0.717) is 33.8 Å². The standard InChI is InChI=1S/C19H20ClN5OS/c1-3-16(18(26)22-15-9-7-13(20)8-10-15)27-19-24-23-17(25(19)2)12-5-4-6-14(21)11-12/h4-11,16H,3,21H2,1-2H3,(H,22,26)/t16-/m1/s1. The van der Waals surface area contributed by atoms with Gasteiger partial charge in [-0.3, -0.25) is 4.79 Å². The van der Waals surface area contributed by atoms with E-state index < -0.39 is 0 Å². The highest BCUT2D eigenvalue weighted by Gasteiger charge is 2.22. The largest absolute Gasteiger partial charge is 0.399 e. The summed E-state index contributed by atoms with van der Waals surface area (Å²) in [4.78, 5) is 12.6. The zero-order valence-corrected chi connectivity index (χ0v) is 16.6. The summed E-state index contributed by atoms with van der Waals surface area (Å²) in [6, 6.07) is 14.5. The summed E-state index contributed by atoms with van der Waals surface area (Å²) in [5.74, 6) is 0.621. The van der Waals surface area contributed by atoms with Gasteiger partial charge in [0, 0.05) is 29.0 Å². The monoisotopic (exact) mass is 401 g/mol. The molecule has 27 heavy (non-hydrogen) atoms. The minimum atomic E-state index is -0.294. The molecule has 0 bridgehead atoms. The van der Waals surface area contributed by atoms with Gasteiger partial charge in [-0.2, -0.15) is 0 Å². The summed E-state index contributed by atoms with van der Waals surface area (Å²) in [6.45, 7) is 1.97. The molecule has 0 aliphatic rings. The Morgan fingerprint density at radius 2 is 2.00 bits per heavy atom. The van der Waals surface area contributed by atoms with Crippen LogP contribution in [0.4, 0.5) is 11.4 Å². The van der Waals surface area contributed by atoms with Gasteiger partial charge in [0.05, 0.1) is 5.25 Å². The second-order valence-electron chi connectivity index (χ2n) is 6.00. The number of nitrogens with two attached hydrogens (primary N) is 1. The van der Waals surface area contributed by atoms with Gasteiger partial charge >= 0.3 is 0 Å². The fourth-order valence-electron chi connectivity index (χ4n) is 2.55. The fraction of sp³-hybridized carbons (Fsp3) is 0.211. The number of amides is 1. The molecule has 140 valence electrons. The van der Waals surface area contributed by atoms with Crippen molar-refractivity contribution in [2.24, 2.45) is 7.05 Å². The van der Waals surface area contributed by atoms with Crippen molar-refractivity contribution in [2.45, 2.75) is 23.8 Å². The molecule has 0 saturated carbocycles. The van der Waals surface area contributed by atoms with Crippen LogP contribution in [0.1, 0.15) is 13.3 Å². The van der Waals surface area contributed by atoms with Crippen LogP contribution in [-0.2, 0) is 11.8 Å². The number of aromatic nitrogens is 3. The molecule has 3 N–H and O–H groups in total. The molecule has 0 aliphatic heterocycles. The lowest BCUT2D eigenvalue weighted by molar-refractivity contribution is -0.115. The highest BCUT2D eigenvalue weighted by Crippen LogP contribution is 2.28. The lowest BCUT2D eigenvalue weighted by Crippen LogP contribution is -2.25. The third-order valence-electron chi connectivity index (χ3n) is 4.00. The molecule has 6 nitrogen and oxygen atoms in total. The molecule has 0 fully saturated rings. The molecule has 1 amide bonds. The van der Waals surface area contributed by atoms with Crippen LogP contribution in [0.15, 0.2) is 53.7 Å². The summed E-state index contributed by atoms with van der Waals surface area (Å²) in [6.07, 6.45) is 0.657. The minimum absolute atomic E-state index is 0.0849. The van der Waals surface area contributed by atoms with Crippen LogP contribution in [0.25, 0.3) is 11.4 Å². The summed E-state index contributed by atoms with van der Waals surface area (Å²) < 4.78 is 1.87. The molecule has 1 atom stereocenters. The molecule has 1 heterocycles. The van der Waals surface area contributed by atoms with Crippen molar-refractivity contribution in [3.8, 4) is 11.4 Å². The minimum Gasteiger partial charge on any atom is -0.399 e. The van der Waals surface area contributed by atoms with Gasteiger partial charge in [-0.05, 0) is 42.8 Å². The van der Waals surface area contributed by atoms with Crippen LogP contribution in [0, 0.1) is 0 Å². The normalized spacial score (nSPS) is 12.0. The molecule has 0 spiro atoms. The van der Waals surface area contributed by atoms with Crippen molar-refractivity contribution >= 4 is 40.6 Å². The fourth-order valence-corrected chi connectivity index (χ4v) is 3.60. The van der Waals surface area contributed by atoms with Gasteiger partial charge in [0.2, 0.25) is 5.91 Å². The summed E-state index contributed by atoms with van der Waals surface area (Å²) in [5.41, 5.74) is 8.11. The van der Waals surface area contributed by atoms with Gasteiger partial charge in [-0.1, -0.05) is 42.4 Å². The highest BCUT2D eigenvalue weighted by molar-refractivity contribution is 8.00. The van der Waals surface area contributed by atoms with Crippen molar-refractivity contribution < 1.29 is 4.79 Å². The van der Waals surface area contributed by atoms with Crippen LogP contribution in [0.3, 0.4) is 0 Å². The van der Waals surface area contributed by atoms with E-state index in [0.717, 1.165) is 5.56 Å². The van der Waals surface area contributed by atoms with Gasteiger partial charge in [0.25, 0.3) is 0 Å². The van der Waals surface area contributed by atoms with E-state index in [4.69, 9.17) is 17.3 Å². The second-order valence-corrected chi connectivity index (χ2v) is 7.61. The number of carbonyl (C=O) groups excluding carboxylic acids is 1. The average molecular weight is 402 g/mol. The van der Waals surface area contributed by atoms with E-state index in [1.54, 1.807) is 24.3 Å². The molecule has 1 aromatic heterocycles. The van der Waals surface area contributed by atoms with E-state index in [1.807, 2.05) is 42.8 Å². The molecular weight excluding hydrogens is 382 g/mol. The molecule has 3 aromatic rings. The molecule has 0 unspecified atom stereocenters. The average Bonchev–Trinajstić information content (AvgIpc) is 3.02. The highest BCUT2D eigenvalue weighted by atomic mass is 35.5. The van der Waals surface area contributed by atoms with Gasteiger partial charge in [-0.15, -0.1) is 10.2 Å². The second kappa shape index (κ2) is 8.45. The van der Waals surface area contributed by atoms with Crippen LogP contribution < -0.4 is 11.1 Å². The van der Waals surface area contributed by atoms with Gasteiger partial charge < -0.3 is 15.6 Å². The number of anilines is 2. The van der Waals surface area contributed by atoms with Crippen LogP contribution in [0.2, 0.25) is 5.02 Å². The molecule has 0 saturated heterocycles. The summed E-state index contributed by atoms with van der Waals surface area (Å²) >= 11 is 7.27. The van der Waals surface area contributed by atoms with E-state index in [2.05, 4.69) is 15.5 Å². The predicted molar refractivity (Wildman–Crippen MR) is 111 cm³/mol. The van der Waals surface area contributed by atoms with Crippen molar-refractivity contribution in [3.05, 3.63) is 53.6 Å². The molecule has 3 rings (SSSR count). The summed E-state index contributed by atoms with van der Waals surface area (Å²) in [5, 5.41) is 12.4. The molecule has 2 aromatic carbocycles. The maximum absolute atomic E-state index is 12.6. The Labute approximate surface area is 167 Å². The first-order chi connectivity index (χ1) is 13.0. The van der Waals surface area contributed by atoms with E-state index in [1.165, 1.54) is 11.8 Å². The maximum Gasteiger partial charge on any atom is 0.237 e. The lowest BCUT2D eigenvalue weighted by Gasteiger charge is -2.14. The smallest absolute Gasteiger partial charge is 0.237 e. The topological polar surface area (TPSA) is 85.8 Å². The number of hydrogen-bond acceptors (Lipinski definition) is 5. The lowest BCUT2D eigenvalue weighted by atomic mass is 10.2. The van der Waals surface area contributed by atoms with Gasteiger partial charge in [0.15, 0.2) is 11.0 Å². The number of thioether (sulfide) groups is 1. The number of nitrogens with zero attached hydrogens (tertiary/aromatic N) is 3. The Kier molecular flexibility index (Phi) is 6.03. The Balaban J connectivity index is 1.74. The van der Waals surface area contributed by atoms with Crippen molar-refractivity contribution in [1.29, 1.82) is 0 Å². The van der Waals surface area contributed by atoms with E-state index in [-0.39, 0.29) is 11.2 Å². The van der Waals surface area contributed by atoms with Crippen molar-refractivity contribution in [1.82, 2.24) is 14.8 Å². The first-order valence-electron chi connectivity index (χ1n) is 8.46. The Morgan fingerprint density at radius 1 is 1.26 bits per heavy atom. The number of rotatable bonds is 6. The van der Waals surface area contributed by atoms with Crippen LogP contribution in [-0.4, -0.2) is 25.9 Å². The van der Waals surface area contributed by atoms with E-state index in [9.17, 15) is 4.79 Å². The zero-order chi connectivity index (χ0) is 19.4. The van der Waals surface area contributed by atoms with Gasteiger partial charge in [-0.25, -0.2) is 0 Å². The number of benzene rings is 2. The number of carbonyl (C=O) groups is 1. The number of nitrogen functional groups attached to an aromatic ring is 1. The van der Waals surface area contributed by atoms with Crippen molar-refractivity contribution in [3.63, 3.8) is 0 Å². The van der Waals surface area contributed by atoms with Crippen LogP contribution in [0.5, 0.6) is 0 Å². The number of nitrogens with one attached hydrogen (secondary N) is 1. The quantitative estimate of drug-likeness (QED) is 0.477. The van der Waals surface area contributed by atoms with Crippen molar-refractivity contribution in [2.75, 3.05) is 11.1 Å². The molecular formula is C19H20ClN5OS. The predicted octanol–water partition coefficient (Wildman–Crippen LogP) is 4.23. The zero-order valence-electron chi connectivity index (χ0n) is 15.0. The number of halogens is 1. The SMILES string of the molecule is CC[C@@H](Sc1nnc(-c2cccc(N)c2)n1C)C(=O)Nc1ccc(Cl)cc1. The summed E-state index contributed by atoms with van der Waals surface area (Å²) in [7, 11) is 1.88. The molecule has 8 heteroatoms.